The molecule has 0 saturated carbocycles. The Labute approximate surface area is 141 Å². The zero-order chi connectivity index (χ0) is 17.7. The molecule has 0 aliphatic heterocycles. The number of halogens is 3. The molecule has 2 aromatic rings. The molecule has 0 spiro atoms. The lowest BCUT2D eigenvalue weighted by molar-refractivity contribution is -0.137. The summed E-state index contributed by atoms with van der Waals surface area (Å²) >= 11 is 0. The van der Waals surface area contributed by atoms with Gasteiger partial charge in [0, 0.05) is 6.04 Å². The van der Waals surface area contributed by atoms with E-state index in [0.29, 0.717) is 6.42 Å². The van der Waals surface area contributed by atoms with E-state index < -0.39 is 11.7 Å². The second-order valence-corrected chi connectivity index (χ2v) is 6.27. The summed E-state index contributed by atoms with van der Waals surface area (Å²) in [5.74, 6) is 0. The Bertz CT molecular complexity index is 677. The molecule has 1 N–H and O–H groups in total. The predicted molar refractivity (Wildman–Crippen MR) is 92.1 cm³/mol. The second kappa shape index (κ2) is 7.84. The van der Waals surface area contributed by atoms with Gasteiger partial charge in [0.05, 0.1) is 5.56 Å². The maximum Gasteiger partial charge on any atom is 0.416 e. The van der Waals surface area contributed by atoms with E-state index in [4.69, 9.17) is 0 Å². The van der Waals surface area contributed by atoms with Gasteiger partial charge in [0.2, 0.25) is 0 Å². The Morgan fingerprint density at radius 2 is 1.75 bits per heavy atom. The molecule has 2 rings (SSSR count). The molecule has 0 unspecified atom stereocenters. The van der Waals surface area contributed by atoms with Crippen LogP contribution in [0.25, 0.3) is 0 Å². The van der Waals surface area contributed by atoms with E-state index in [2.05, 4.69) is 44.3 Å². The first-order valence-electron chi connectivity index (χ1n) is 8.24. The number of benzene rings is 2. The van der Waals surface area contributed by atoms with Gasteiger partial charge in [-0.2, -0.15) is 13.2 Å². The van der Waals surface area contributed by atoms with Gasteiger partial charge in [0.1, 0.15) is 0 Å². The molecule has 0 saturated heterocycles. The molecular weight excluding hydrogens is 311 g/mol. The van der Waals surface area contributed by atoms with Crippen molar-refractivity contribution in [3.8, 4) is 0 Å². The lowest BCUT2D eigenvalue weighted by Gasteiger charge is -2.18. The van der Waals surface area contributed by atoms with Gasteiger partial charge in [-0.05, 0) is 68.5 Å². The standard InChI is InChI=1S/C20H24F3N/c1-14-7-4-11-19(15(14)2)16(3)24-12-6-9-17-8-5-10-18(13-17)20(21,22)23/h4-5,7-8,10-11,13,16,24H,6,9,12H2,1-3H3/t16-/m1/s1. The Hall–Kier alpha value is -1.81. The summed E-state index contributed by atoms with van der Waals surface area (Å²) in [6, 6.07) is 12.1. The first kappa shape index (κ1) is 18.5. The lowest BCUT2D eigenvalue weighted by atomic mass is 9.98. The summed E-state index contributed by atoms with van der Waals surface area (Å²) in [6.07, 6.45) is -2.83. The molecule has 0 fully saturated rings. The fourth-order valence-corrected chi connectivity index (χ4v) is 2.87. The second-order valence-electron chi connectivity index (χ2n) is 6.27. The third-order valence-corrected chi connectivity index (χ3v) is 4.46. The minimum absolute atomic E-state index is 0.228. The average molecular weight is 335 g/mol. The maximum absolute atomic E-state index is 12.7. The van der Waals surface area contributed by atoms with Crippen molar-refractivity contribution in [3.05, 3.63) is 70.3 Å². The quantitative estimate of drug-likeness (QED) is 0.677. The van der Waals surface area contributed by atoms with Crippen LogP contribution in [0.2, 0.25) is 0 Å². The van der Waals surface area contributed by atoms with E-state index in [-0.39, 0.29) is 6.04 Å². The molecule has 0 bridgehead atoms. The van der Waals surface area contributed by atoms with E-state index in [9.17, 15) is 13.2 Å². The van der Waals surface area contributed by atoms with Crippen LogP contribution >= 0.6 is 0 Å². The highest BCUT2D eigenvalue weighted by molar-refractivity contribution is 5.35. The Kier molecular flexibility index (Phi) is 6.05. The van der Waals surface area contributed by atoms with Gasteiger partial charge < -0.3 is 5.32 Å². The largest absolute Gasteiger partial charge is 0.416 e. The van der Waals surface area contributed by atoms with Crippen LogP contribution in [0.3, 0.4) is 0 Å². The molecule has 0 aromatic heterocycles. The zero-order valence-electron chi connectivity index (χ0n) is 14.4. The summed E-state index contributed by atoms with van der Waals surface area (Å²) in [5, 5.41) is 3.46. The van der Waals surface area contributed by atoms with Crippen LogP contribution in [0.5, 0.6) is 0 Å². The molecule has 1 nitrogen and oxygen atoms in total. The summed E-state index contributed by atoms with van der Waals surface area (Å²) in [7, 11) is 0. The molecule has 0 amide bonds. The van der Waals surface area contributed by atoms with E-state index in [1.807, 2.05) is 0 Å². The predicted octanol–water partition coefficient (Wildman–Crippen LogP) is 5.61. The van der Waals surface area contributed by atoms with E-state index in [0.717, 1.165) is 24.6 Å². The van der Waals surface area contributed by atoms with Crippen molar-refractivity contribution in [2.24, 2.45) is 0 Å². The molecule has 2 aromatic carbocycles. The molecule has 130 valence electrons. The Morgan fingerprint density at radius 1 is 1.04 bits per heavy atom. The van der Waals surface area contributed by atoms with E-state index in [1.165, 1.54) is 28.8 Å². The molecule has 4 heteroatoms. The number of hydrogen-bond donors (Lipinski definition) is 1. The monoisotopic (exact) mass is 335 g/mol. The number of alkyl halides is 3. The highest BCUT2D eigenvalue weighted by atomic mass is 19.4. The van der Waals surface area contributed by atoms with E-state index >= 15 is 0 Å². The van der Waals surface area contributed by atoms with Gasteiger partial charge in [0.25, 0.3) is 0 Å². The normalized spacial score (nSPS) is 13.1. The summed E-state index contributed by atoms with van der Waals surface area (Å²) in [6.45, 7) is 7.10. The van der Waals surface area contributed by atoms with Crippen LogP contribution in [0, 0.1) is 13.8 Å². The lowest BCUT2D eigenvalue weighted by Crippen LogP contribution is -2.21. The van der Waals surface area contributed by atoms with Gasteiger partial charge in [0.15, 0.2) is 0 Å². The third-order valence-electron chi connectivity index (χ3n) is 4.46. The Balaban J connectivity index is 1.86. The van der Waals surface area contributed by atoms with Gasteiger partial charge in [-0.25, -0.2) is 0 Å². The number of aryl methyl sites for hydroxylation is 2. The van der Waals surface area contributed by atoms with Crippen molar-refractivity contribution in [3.63, 3.8) is 0 Å². The first-order chi connectivity index (χ1) is 11.3. The van der Waals surface area contributed by atoms with Crippen molar-refractivity contribution >= 4 is 0 Å². The summed E-state index contributed by atoms with van der Waals surface area (Å²) < 4.78 is 38.1. The molecule has 24 heavy (non-hydrogen) atoms. The van der Waals surface area contributed by atoms with Crippen LogP contribution in [-0.2, 0) is 12.6 Å². The molecule has 1 atom stereocenters. The number of rotatable bonds is 6. The van der Waals surface area contributed by atoms with E-state index in [1.54, 1.807) is 6.07 Å². The van der Waals surface area contributed by atoms with Crippen LogP contribution in [0.1, 0.15) is 47.2 Å². The smallest absolute Gasteiger partial charge is 0.310 e. The van der Waals surface area contributed by atoms with Crippen molar-refractivity contribution in [1.29, 1.82) is 0 Å². The summed E-state index contributed by atoms with van der Waals surface area (Å²) in [5.41, 5.74) is 3.98. The molecule has 0 aliphatic rings. The zero-order valence-corrected chi connectivity index (χ0v) is 14.4. The molecule has 0 heterocycles. The fourth-order valence-electron chi connectivity index (χ4n) is 2.87. The van der Waals surface area contributed by atoms with Gasteiger partial charge in [-0.1, -0.05) is 36.4 Å². The Morgan fingerprint density at radius 3 is 2.46 bits per heavy atom. The average Bonchev–Trinajstić information content (AvgIpc) is 2.53. The van der Waals surface area contributed by atoms with Crippen LogP contribution in [0.15, 0.2) is 42.5 Å². The number of hydrogen-bond acceptors (Lipinski definition) is 1. The van der Waals surface area contributed by atoms with Crippen molar-refractivity contribution in [2.75, 3.05) is 6.54 Å². The minimum atomic E-state index is -4.27. The highest BCUT2D eigenvalue weighted by Crippen LogP contribution is 2.29. The molecule has 0 radical (unpaired) electrons. The maximum atomic E-state index is 12.7. The van der Waals surface area contributed by atoms with Gasteiger partial charge in [-0.15, -0.1) is 0 Å². The van der Waals surface area contributed by atoms with Crippen LogP contribution in [-0.4, -0.2) is 6.54 Å². The third kappa shape index (κ3) is 4.84. The minimum Gasteiger partial charge on any atom is -0.310 e. The summed E-state index contributed by atoms with van der Waals surface area (Å²) in [4.78, 5) is 0. The number of nitrogens with one attached hydrogen (secondary N) is 1. The molecule has 0 aliphatic carbocycles. The van der Waals surface area contributed by atoms with Crippen LogP contribution < -0.4 is 5.32 Å². The van der Waals surface area contributed by atoms with Crippen molar-refractivity contribution in [1.82, 2.24) is 5.32 Å². The van der Waals surface area contributed by atoms with Crippen molar-refractivity contribution < 1.29 is 13.2 Å². The van der Waals surface area contributed by atoms with Crippen LogP contribution in [0.4, 0.5) is 13.2 Å². The SMILES string of the molecule is Cc1cccc([C@@H](C)NCCCc2cccc(C(F)(F)F)c2)c1C. The van der Waals surface area contributed by atoms with Gasteiger partial charge in [-0.3, -0.25) is 0 Å². The first-order valence-corrected chi connectivity index (χ1v) is 8.24. The highest BCUT2D eigenvalue weighted by Gasteiger charge is 2.30. The topological polar surface area (TPSA) is 12.0 Å². The van der Waals surface area contributed by atoms with Gasteiger partial charge >= 0.3 is 6.18 Å². The fraction of sp³-hybridized carbons (Fsp3) is 0.400. The van der Waals surface area contributed by atoms with Crippen molar-refractivity contribution in [2.45, 2.75) is 45.8 Å². The molecular formula is C20H24F3N.